The first-order valence-electron chi connectivity index (χ1n) is 7.27. The van der Waals surface area contributed by atoms with Crippen LogP contribution in [0.25, 0.3) is 10.9 Å². The molecule has 4 rings (SSSR count). The maximum Gasteiger partial charge on any atom is 0.0702 e. The minimum absolute atomic E-state index is 0.836. The fourth-order valence-electron chi connectivity index (χ4n) is 3.07. The molecule has 104 valence electrons. The van der Waals surface area contributed by atoms with Crippen molar-refractivity contribution in [3.8, 4) is 0 Å². The van der Waals surface area contributed by atoms with Crippen molar-refractivity contribution in [2.45, 2.75) is 13.0 Å². The van der Waals surface area contributed by atoms with Crippen molar-refractivity contribution in [3.63, 3.8) is 0 Å². The van der Waals surface area contributed by atoms with Crippen LogP contribution in [0.1, 0.15) is 11.1 Å². The molecule has 3 heteroatoms. The van der Waals surface area contributed by atoms with Gasteiger partial charge in [-0.25, -0.2) is 0 Å². The fourth-order valence-corrected chi connectivity index (χ4v) is 3.07. The molecule has 2 aromatic carbocycles. The van der Waals surface area contributed by atoms with Gasteiger partial charge in [0.2, 0.25) is 0 Å². The fraction of sp³-hybridized carbons (Fsp3) is 0.167. The lowest BCUT2D eigenvalue weighted by atomic mass is 10.1. The van der Waals surface area contributed by atoms with E-state index in [0.717, 1.165) is 30.7 Å². The Kier molecular flexibility index (Phi) is 2.78. The highest BCUT2D eigenvalue weighted by Crippen LogP contribution is 2.31. The standard InChI is InChI=1S/C18H17N3/c19-16-5-4-14-7-9-21(18(14)11-16)12-13-3-6-17-15(10-13)2-1-8-20-17/h1-6,8,10-11H,7,9,12,19H2. The number of fused-ring (bicyclic) bond motifs is 2. The largest absolute Gasteiger partial charge is 0.399 e. The van der Waals surface area contributed by atoms with E-state index in [-0.39, 0.29) is 0 Å². The summed E-state index contributed by atoms with van der Waals surface area (Å²) >= 11 is 0. The van der Waals surface area contributed by atoms with Gasteiger partial charge in [0.05, 0.1) is 5.52 Å². The van der Waals surface area contributed by atoms with Crippen molar-refractivity contribution in [2.75, 3.05) is 17.2 Å². The number of nitrogen functional groups attached to an aromatic ring is 1. The lowest BCUT2D eigenvalue weighted by molar-refractivity contribution is 0.837. The third-order valence-electron chi connectivity index (χ3n) is 4.14. The molecule has 1 aliphatic heterocycles. The van der Waals surface area contributed by atoms with Gasteiger partial charge in [0.15, 0.2) is 0 Å². The Morgan fingerprint density at radius 2 is 2.05 bits per heavy atom. The van der Waals surface area contributed by atoms with Crippen LogP contribution in [0.4, 0.5) is 11.4 Å². The Labute approximate surface area is 124 Å². The van der Waals surface area contributed by atoms with E-state index in [0.29, 0.717) is 0 Å². The van der Waals surface area contributed by atoms with Gasteiger partial charge in [-0.2, -0.15) is 0 Å². The number of hydrogen-bond donors (Lipinski definition) is 1. The molecule has 2 N–H and O–H groups in total. The van der Waals surface area contributed by atoms with Gasteiger partial charge in [0.25, 0.3) is 0 Å². The molecule has 0 aliphatic carbocycles. The molecule has 1 aliphatic rings. The van der Waals surface area contributed by atoms with E-state index in [2.05, 4.69) is 46.3 Å². The van der Waals surface area contributed by atoms with Crippen molar-refractivity contribution < 1.29 is 0 Å². The summed E-state index contributed by atoms with van der Waals surface area (Å²) in [7, 11) is 0. The van der Waals surface area contributed by atoms with Crippen LogP contribution in [0.15, 0.2) is 54.7 Å². The summed E-state index contributed by atoms with van der Waals surface area (Å²) < 4.78 is 0. The van der Waals surface area contributed by atoms with E-state index >= 15 is 0 Å². The molecule has 21 heavy (non-hydrogen) atoms. The Morgan fingerprint density at radius 3 is 3.00 bits per heavy atom. The highest BCUT2D eigenvalue weighted by atomic mass is 15.1. The summed E-state index contributed by atoms with van der Waals surface area (Å²) in [4.78, 5) is 6.78. The van der Waals surface area contributed by atoms with E-state index in [1.807, 2.05) is 18.3 Å². The third kappa shape index (κ3) is 2.21. The molecule has 0 saturated carbocycles. The van der Waals surface area contributed by atoms with E-state index in [9.17, 15) is 0 Å². The summed E-state index contributed by atoms with van der Waals surface area (Å²) in [6.07, 6.45) is 2.94. The number of nitrogens with two attached hydrogens (primary N) is 1. The Morgan fingerprint density at radius 1 is 1.10 bits per heavy atom. The van der Waals surface area contributed by atoms with E-state index < -0.39 is 0 Å². The number of benzene rings is 2. The molecule has 1 aromatic heterocycles. The van der Waals surface area contributed by atoms with Crippen LogP contribution in [-0.4, -0.2) is 11.5 Å². The normalized spacial score (nSPS) is 13.6. The molecule has 0 amide bonds. The van der Waals surface area contributed by atoms with Gasteiger partial charge in [-0.15, -0.1) is 0 Å². The smallest absolute Gasteiger partial charge is 0.0702 e. The first kappa shape index (κ1) is 12.2. The zero-order chi connectivity index (χ0) is 14.2. The van der Waals surface area contributed by atoms with Gasteiger partial charge in [-0.3, -0.25) is 4.98 Å². The van der Waals surface area contributed by atoms with Gasteiger partial charge in [0.1, 0.15) is 0 Å². The molecular formula is C18H17N3. The van der Waals surface area contributed by atoms with Crippen molar-refractivity contribution in [1.82, 2.24) is 4.98 Å². The first-order chi connectivity index (χ1) is 10.3. The van der Waals surface area contributed by atoms with E-state index in [1.165, 1.54) is 22.2 Å². The van der Waals surface area contributed by atoms with Crippen LogP contribution in [0, 0.1) is 0 Å². The van der Waals surface area contributed by atoms with E-state index in [1.54, 1.807) is 0 Å². The number of hydrogen-bond acceptors (Lipinski definition) is 3. The second-order valence-corrected chi connectivity index (χ2v) is 5.59. The molecule has 0 radical (unpaired) electrons. The minimum Gasteiger partial charge on any atom is -0.399 e. The average Bonchev–Trinajstić information content (AvgIpc) is 2.89. The number of nitrogens with zero attached hydrogens (tertiary/aromatic N) is 2. The van der Waals surface area contributed by atoms with Gasteiger partial charge < -0.3 is 10.6 Å². The number of pyridine rings is 1. The summed E-state index contributed by atoms with van der Waals surface area (Å²) in [6.45, 7) is 1.98. The van der Waals surface area contributed by atoms with Crippen LogP contribution in [0.3, 0.4) is 0 Å². The quantitative estimate of drug-likeness (QED) is 0.729. The van der Waals surface area contributed by atoms with Crippen LogP contribution in [-0.2, 0) is 13.0 Å². The molecule has 0 fully saturated rings. The summed E-state index contributed by atoms with van der Waals surface area (Å²) in [6, 6.07) is 16.8. The molecule has 3 aromatic rings. The van der Waals surface area contributed by atoms with Crippen molar-refractivity contribution in [3.05, 3.63) is 65.9 Å². The highest BCUT2D eigenvalue weighted by Gasteiger charge is 2.19. The Hall–Kier alpha value is -2.55. The van der Waals surface area contributed by atoms with Crippen LogP contribution >= 0.6 is 0 Å². The lowest BCUT2D eigenvalue weighted by Gasteiger charge is -2.20. The van der Waals surface area contributed by atoms with Crippen LogP contribution in [0.5, 0.6) is 0 Å². The highest BCUT2D eigenvalue weighted by molar-refractivity contribution is 5.79. The second-order valence-electron chi connectivity index (χ2n) is 5.59. The lowest BCUT2D eigenvalue weighted by Crippen LogP contribution is -2.19. The molecule has 2 heterocycles. The van der Waals surface area contributed by atoms with Crippen LogP contribution in [0.2, 0.25) is 0 Å². The van der Waals surface area contributed by atoms with Crippen molar-refractivity contribution in [1.29, 1.82) is 0 Å². The van der Waals surface area contributed by atoms with Crippen molar-refractivity contribution >= 4 is 22.3 Å². The predicted molar refractivity (Wildman–Crippen MR) is 87.4 cm³/mol. The molecule has 0 bridgehead atoms. The molecule has 0 spiro atoms. The van der Waals surface area contributed by atoms with E-state index in [4.69, 9.17) is 5.73 Å². The van der Waals surface area contributed by atoms with Gasteiger partial charge in [-0.05, 0) is 47.9 Å². The Bertz CT molecular complexity index is 810. The minimum atomic E-state index is 0.836. The topological polar surface area (TPSA) is 42.1 Å². The first-order valence-corrected chi connectivity index (χ1v) is 7.27. The summed E-state index contributed by atoms with van der Waals surface area (Å²) in [5.74, 6) is 0. The summed E-state index contributed by atoms with van der Waals surface area (Å²) in [5, 5.41) is 1.20. The van der Waals surface area contributed by atoms with Gasteiger partial charge in [-0.1, -0.05) is 18.2 Å². The second kappa shape index (κ2) is 4.77. The zero-order valence-electron chi connectivity index (χ0n) is 11.8. The monoisotopic (exact) mass is 275 g/mol. The maximum absolute atomic E-state index is 5.93. The molecule has 0 atom stereocenters. The molecule has 0 saturated heterocycles. The van der Waals surface area contributed by atoms with Crippen molar-refractivity contribution in [2.24, 2.45) is 0 Å². The molecular weight excluding hydrogens is 258 g/mol. The van der Waals surface area contributed by atoms with Gasteiger partial charge >= 0.3 is 0 Å². The molecule has 0 unspecified atom stereocenters. The predicted octanol–water partition coefficient (Wildman–Crippen LogP) is 3.38. The number of anilines is 2. The molecule has 3 nitrogen and oxygen atoms in total. The number of aromatic nitrogens is 1. The SMILES string of the molecule is Nc1ccc2c(c1)N(Cc1ccc3ncccc3c1)CC2. The maximum atomic E-state index is 5.93. The van der Waals surface area contributed by atoms with Gasteiger partial charge in [0, 0.05) is 36.0 Å². The zero-order valence-corrected chi connectivity index (χ0v) is 11.8. The average molecular weight is 275 g/mol. The summed E-state index contributed by atoms with van der Waals surface area (Å²) in [5.41, 5.74) is 11.8. The van der Waals surface area contributed by atoms with Crippen LogP contribution < -0.4 is 10.6 Å². The Balaban J connectivity index is 1.66. The third-order valence-corrected chi connectivity index (χ3v) is 4.14. The number of rotatable bonds is 2.